The summed E-state index contributed by atoms with van der Waals surface area (Å²) < 4.78 is 0.730. The average molecular weight is 321 g/mol. The molecule has 4 nitrogen and oxygen atoms in total. The zero-order chi connectivity index (χ0) is 13.8. The molecule has 1 N–H and O–H groups in total. The quantitative estimate of drug-likeness (QED) is 0.944. The second-order valence-electron chi connectivity index (χ2n) is 3.92. The summed E-state index contributed by atoms with van der Waals surface area (Å²) in [6.07, 6.45) is 3.26. The number of amides is 1. The number of benzene rings is 1. The predicted octanol–water partition coefficient (Wildman–Crippen LogP) is 3.22. The molecule has 19 heavy (non-hydrogen) atoms. The van der Waals surface area contributed by atoms with Crippen molar-refractivity contribution in [3.05, 3.63) is 52.8 Å². The second kappa shape index (κ2) is 5.84. The van der Waals surface area contributed by atoms with Crippen molar-refractivity contribution in [1.29, 1.82) is 0 Å². The number of aromatic hydroxyl groups is 1. The van der Waals surface area contributed by atoms with Crippen LogP contribution < -0.4 is 4.90 Å². The molecule has 0 saturated heterocycles. The van der Waals surface area contributed by atoms with Gasteiger partial charge in [-0.1, -0.05) is 15.9 Å². The lowest BCUT2D eigenvalue weighted by atomic mass is 10.1. The van der Waals surface area contributed by atoms with E-state index in [4.69, 9.17) is 0 Å². The number of hydrogen-bond acceptors (Lipinski definition) is 3. The van der Waals surface area contributed by atoms with Gasteiger partial charge < -0.3 is 10.0 Å². The number of halogens is 1. The van der Waals surface area contributed by atoms with Crippen molar-refractivity contribution in [1.82, 2.24) is 4.98 Å². The smallest absolute Gasteiger partial charge is 0.262 e. The van der Waals surface area contributed by atoms with E-state index in [-0.39, 0.29) is 17.2 Å². The Labute approximate surface area is 119 Å². The van der Waals surface area contributed by atoms with Gasteiger partial charge >= 0.3 is 0 Å². The van der Waals surface area contributed by atoms with Gasteiger partial charge in [0.1, 0.15) is 5.75 Å². The van der Waals surface area contributed by atoms with E-state index in [1.807, 2.05) is 6.92 Å². The maximum atomic E-state index is 12.4. The fourth-order valence-electron chi connectivity index (χ4n) is 1.80. The third kappa shape index (κ3) is 2.93. The number of carbonyl (C=O) groups excluding carboxylic acids is 1. The van der Waals surface area contributed by atoms with Gasteiger partial charge in [-0.05, 0) is 37.3 Å². The van der Waals surface area contributed by atoms with Crippen LogP contribution in [0, 0.1) is 0 Å². The summed E-state index contributed by atoms with van der Waals surface area (Å²) in [4.78, 5) is 18.0. The Balaban J connectivity index is 2.36. The van der Waals surface area contributed by atoms with Gasteiger partial charge in [0.2, 0.25) is 0 Å². The molecule has 0 radical (unpaired) electrons. The molecule has 1 aromatic heterocycles. The van der Waals surface area contributed by atoms with Crippen LogP contribution in [0.25, 0.3) is 0 Å². The molecule has 1 amide bonds. The first-order chi connectivity index (χ1) is 9.13. The molecule has 0 aliphatic heterocycles. The maximum Gasteiger partial charge on any atom is 0.262 e. The highest BCUT2D eigenvalue weighted by Crippen LogP contribution is 2.25. The predicted molar refractivity (Wildman–Crippen MR) is 77.4 cm³/mol. The van der Waals surface area contributed by atoms with E-state index < -0.39 is 0 Å². The van der Waals surface area contributed by atoms with E-state index in [9.17, 15) is 9.90 Å². The molecule has 0 spiro atoms. The number of anilines is 1. The van der Waals surface area contributed by atoms with Crippen LogP contribution in [-0.4, -0.2) is 22.5 Å². The van der Waals surface area contributed by atoms with Crippen molar-refractivity contribution < 1.29 is 9.90 Å². The first-order valence-corrected chi connectivity index (χ1v) is 6.63. The highest BCUT2D eigenvalue weighted by atomic mass is 79.9. The van der Waals surface area contributed by atoms with Crippen LogP contribution in [-0.2, 0) is 0 Å². The summed E-state index contributed by atoms with van der Waals surface area (Å²) in [6, 6.07) is 8.36. The first kappa shape index (κ1) is 13.5. The van der Waals surface area contributed by atoms with E-state index in [2.05, 4.69) is 20.9 Å². The largest absolute Gasteiger partial charge is 0.507 e. The summed E-state index contributed by atoms with van der Waals surface area (Å²) in [5.74, 6) is -0.273. The van der Waals surface area contributed by atoms with Gasteiger partial charge in [-0.2, -0.15) is 0 Å². The lowest BCUT2D eigenvalue weighted by Crippen LogP contribution is -2.30. The van der Waals surface area contributed by atoms with E-state index in [0.29, 0.717) is 6.54 Å². The third-order valence-electron chi connectivity index (χ3n) is 2.73. The van der Waals surface area contributed by atoms with E-state index in [1.54, 1.807) is 41.6 Å². The molecule has 0 bridgehead atoms. The monoisotopic (exact) mass is 320 g/mol. The number of carbonyl (C=O) groups is 1. The van der Waals surface area contributed by atoms with Crippen LogP contribution in [0.2, 0.25) is 0 Å². The van der Waals surface area contributed by atoms with Crippen LogP contribution in [0.5, 0.6) is 5.75 Å². The summed E-state index contributed by atoms with van der Waals surface area (Å²) in [5.41, 5.74) is 1.03. The number of hydrogen-bond donors (Lipinski definition) is 1. The van der Waals surface area contributed by atoms with Crippen LogP contribution in [0.15, 0.2) is 47.2 Å². The molecule has 0 atom stereocenters. The Morgan fingerprint density at radius 2 is 2.00 bits per heavy atom. The van der Waals surface area contributed by atoms with Gasteiger partial charge in [0.15, 0.2) is 0 Å². The molecule has 0 aliphatic rings. The molecule has 98 valence electrons. The third-order valence-corrected chi connectivity index (χ3v) is 3.22. The standard InChI is InChI=1S/C14H13BrN2O2/c1-2-17(11-5-7-16-8-6-11)14(19)12-4-3-10(15)9-13(12)18/h3-9,18H,2H2,1H3. The number of phenols is 1. The normalized spacial score (nSPS) is 10.2. The molecule has 0 saturated carbocycles. The highest BCUT2D eigenvalue weighted by molar-refractivity contribution is 9.10. The summed E-state index contributed by atoms with van der Waals surface area (Å²) in [6.45, 7) is 2.40. The van der Waals surface area contributed by atoms with Gasteiger partial charge in [0.25, 0.3) is 5.91 Å². The number of aromatic nitrogens is 1. The van der Waals surface area contributed by atoms with E-state index in [0.717, 1.165) is 10.2 Å². The van der Waals surface area contributed by atoms with Crippen LogP contribution in [0.1, 0.15) is 17.3 Å². The van der Waals surface area contributed by atoms with Gasteiger partial charge in [-0.25, -0.2) is 0 Å². The average Bonchev–Trinajstić information content (AvgIpc) is 2.40. The fraction of sp³-hybridized carbons (Fsp3) is 0.143. The Bertz CT molecular complexity index is 587. The Morgan fingerprint density at radius 1 is 1.32 bits per heavy atom. The van der Waals surface area contributed by atoms with Gasteiger partial charge in [0.05, 0.1) is 5.56 Å². The number of nitrogens with zero attached hydrogens (tertiary/aromatic N) is 2. The van der Waals surface area contributed by atoms with Crippen LogP contribution in [0.3, 0.4) is 0 Å². The molecule has 0 aliphatic carbocycles. The minimum absolute atomic E-state index is 0.0353. The summed E-state index contributed by atoms with van der Waals surface area (Å²) in [7, 11) is 0. The highest BCUT2D eigenvalue weighted by Gasteiger charge is 2.19. The first-order valence-electron chi connectivity index (χ1n) is 5.84. The van der Waals surface area contributed by atoms with Gasteiger partial charge in [-0.15, -0.1) is 0 Å². The minimum Gasteiger partial charge on any atom is -0.507 e. The second-order valence-corrected chi connectivity index (χ2v) is 4.83. The maximum absolute atomic E-state index is 12.4. The topological polar surface area (TPSA) is 53.4 Å². The van der Waals surface area contributed by atoms with Gasteiger partial charge in [0, 0.05) is 29.1 Å². The molecule has 1 heterocycles. The van der Waals surface area contributed by atoms with Crippen molar-refractivity contribution >= 4 is 27.5 Å². The van der Waals surface area contributed by atoms with Gasteiger partial charge in [-0.3, -0.25) is 9.78 Å². The number of pyridine rings is 1. The lowest BCUT2D eigenvalue weighted by molar-refractivity contribution is 0.0985. The van der Waals surface area contributed by atoms with Crippen molar-refractivity contribution in [2.75, 3.05) is 11.4 Å². The SMILES string of the molecule is CCN(C(=O)c1ccc(Br)cc1O)c1ccncc1. The van der Waals surface area contributed by atoms with Crippen LogP contribution >= 0.6 is 15.9 Å². The fourth-order valence-corrected chi connectivity index (χ4v) is 2.15. The zero-order valence-corrected chi connectivity index (χ0v) is 12.0. The molecule has 2 rings (SSSR count). The Morgan fingerprint density at radius 3 is 2.58 bits per heavy atom. The lowest BCUT2D eigenvalue weighted by Gasteiger charge is -2.21. The Kier molecular flexibility index (Phi) is 4.16. The van der Waals surface area contributed by atoms with E-state index in [1.165, 1.54) is 6.07 Å². The number of phenolic OH excluding ortho intramolecular Hbond substituents is 1. The summed E-state index contributed by atoms with van der Waals surface area (Å²) >= 11 is 3.25. The van der Waals surface area contributed by atoms with Crippen molar-refractivity contribution in [2.45, 2.75) is 6.92 Å². The molecule has 0 fully saturated rings. The Hall–Kier alpha value is -1.88. The molecular formula is C14H13BrN2O2. The molecule has 5 heteroatoms. The summed E-state index contributed by atoms with van der Waals surface area (Å²) in [5, 5.41) is 9.86. The van der Waals surface area contributed by atoms with Crippen molar-refractivity contribution in [3.8, 4) is 5.75 Å². The van der Waals surface area contributed by atoms with Crippen molar-refractivity contribution in [3.63, 3.8) is 0 Å². The minimum atomic E-state index is -0.237. The molecule has 1 aromatic carbocycles. The van der Waals surface area contributed by atoms with Crippen molar-refractivity contribution in [2.24, 2.45) is 0 Å². The number of rotatable bonds is 3. The van der Waals surface area contributed by atoms with E-state index >= 15 is 0 Å². The molecule has 0 unspecified atom stereocenters. The molecular weight excluding hydrogens is 308 g/mol. The molecule has 2 aromatic rings. The zero-order valence-electron chi connectivity index (χ0n) is 10.4. The van der Waals surface area contributed by atoms with Crippen LogP contribution in [0.4, 0.5) is 5.69 Å².